The molecule has 1 fully saturated rings. The zero-order valence-electron chi connectivity index (χ0n) is 19.9. The van der Waals surface area contributed by atoms with Crippen molar-refractivity contribution in [2.24, 2.45) is 5.41 Å². The Morgan fingerprint density at radius 1 is 1.10 bits per heavy atom. The number of methoxy groups -OCH3 is 1. The molecule has 1 amide bonds. The molecule has 1 saturated heterocycles. The Morgan fingerprint density at radius 3 is 2.23 bits per heavy atom. The molecule has 0 N–H and O–H groups in total. The van der Waals surface area contributed by atoms with E-state index < -0.39 is 5.41 Å². The molecule has 0 aliphatic carbocycles. The second kappa shape index (κ2) is 9.46. The van der Waals surface area contributed by atoms with E-state index in [0.29, 0.717) is 34.7 Å². The number of likely N-dealkylation sites (tertiary alicyclic amines) is 1. The van der Waals surface area contributed by atoms with E-state index in [1.807, 2.05) is 39.0 Å². The van der Waals surface area contributed by atoms with Crippen molar-refractivity contribution < 1.29 is 18.7 Å². The number of carbonyl (C=O) groups is 2. The van der Waals surface area contributed by atoms with Gasteiger partial charge in [0.15, 0.2) is 5.76 Å². The maximum atomic E-state index is 13.6. The lowest BCUT2D eigenvalue weighted by Gasteiger charge is -2.30. The summed E-state index contributed by atoms with van der Waals surface area (Å²) in [6.45, 7) is 9.98. The van der Waals surface area contributed by atoms with Crippen LogP contribution in [-0.2, 0) is 11.2 Å². The number of Topliss-reactive ketones (excluding diaryl/α,β-unsaturated/α-hetero) is 1. The Labute approximate surface area is 186 Å². The fraction of sp³-hybridized carbons (Fsp3) is 0.615. The van der Waals surface area contributed by atoms with Crippen LogP contribution in [0.2, 0.25) is 0 Å². The van der Waals surface area contributed by atoms with Crippen molar-refractivity contribution in [2.75, 3.05) is 7.11 Å². The molecular weight excluding hydrogens is 390 g/mol. The third kappa shape index (κ3) is 4.81. The van der Waals surface area contributed by atoms with Crippen molar-refractivity contribution >= 4 is 22.7 Å². The molecule has 5 heteroatoms. The number of amides is 1. The van der Waals surface area contributed by atoms with E-state index in [0.717, 1.165) is 43.9 Å². The largest absolute Gasteiger partial charge is 0.497 e. The normalized spacial score (nSPS) is 19.2. The average Bonchev–Trinajstić information content (AvgIpc) is 3.28. The zero-order valence-corrected chi connectivity index (χ0v) is 19.9. The number of fused-ring (bicyclic) bond motifs is 1. The fourth-order valence-corrected chi connectivity index (χ4v) is 4.80. The Kier molecular flexibility index (Phi) is 7.13. The van der Waals surface area contributed by atoms with Crippen LogP contribution in [0.5, 0.6) is 5.75 Å². The van der Waals surface area contributed by atoms with Crippen LogP contribution in [0.1, 0.15) is 89.3 Å². The smallest absolute Gasteiger partial charge is 0.227 e. The summed E-state index contributed by atoms with van der Waals surface area (Å²) < 4.78 is 11.4. The Bertz CT molecular complexity index is 923. The lowest BCUT2D eigenvalue weighted by molar-refractivity contribution is -0.133. The second-order valence-electron chi connectivity index (χ2n) is 9.79. The summed E-state index contributed by atoms with van der Waals surface area (Å²) in [7, 11) is 1.61. The van der Waals surface area contributed by atoms with Gasteiger partial charge in [0.1, 0.15) is 11.3 Å². The van der Waals surface area contributed by atoms with Crippen LogP contribution in [0.25, 0.3) is 11.0 Å². The number of rotatable bonds is 8. The highest BCUT2D eigenvalue weighted by molar-refractivity contribution is 6.04. The quantitative estimate of drug-likeness (QED) is 0.473. The van der Waals surface area contributed by atoms with Gasteiger partial charge in [0.2, 0.25) is 11.7 Å². The van der Waals surface area contributed by atoms with Crippen molar-refractivity contribution in [3.63, 3.8) is 0 Å². The van der Waals surface area contributed by atoms with E-state index in [-0.39, 0.29) is 18.1 Å². The molecule has 1 aliphatic heterocycles. The van der Waals surface area contributed by atoms with Crippen molar-refractivity contribution in [3.8, 4) is 5.75 Å². The summed E-state index contributed by atoms with van der Waals surface area (Å²) in [5.41, 5.74) is 0.711. The number of furan rings is 1. The van der Waals surface area contributed by atoms with Crippen molar-refractivity contribution in [3.05, 3.63) is 29.5 Å². The van der Waals surface area contributed by atoms with Gasteiger partial charge < -0.3 is 14.1 Å². The van der Waals surface area contributed by atoms with Gasteiger partial charge in [-0.2, -0.15) is 0 Å². The molecule has 1 aromatic heterocycles. The van der Waals surface area contributed by atoms with Gasteiger partial charge in [-0.1, -0.05) is 47.5 Å². The van der Waals surface area contributed by atoms with Gasteiger partial charge in [-0.05, 0) is 43.9 Å². The minimum absolute atomic E-state index is 0.0814. The third-order valence-corrected chi connectivity index (χ3v) is 6.37. The van der Waals surface area contributed by atoms with Crippen LogP contribution in [0.3, 0.4) is 0 Å². The molecule has 0 unspecified atom stereocenters. The van der Waals surface area contributed by atoms with Crippen LogP contribution in [0.4, 0.5) is 0 Å². The molecule has 31 heavy (non-hydrogen) atoms. The van der Waals surface area contributed by atoms with Crippen molar-refractivity contribution in [1.82, 2.24) is 4.90 Å². The van der Waals surface area contributed by atoms with E-state index in [4.69, 9.17) is 9.15 Å². The van der Waals surface area contributed by atoms with Crippen LogP contribution in [0.15, 0.2) is 22.6 Å². The average molecular weight is 428 g/mol. The van der Waals surface area contributed by atoms with E-state index in [1.54, 1.807) is 7.11 Å². The number of carbonyl (C=O) groups excluding carboxylic acids is 2. The summed E-state index contributed by atoms with van der Waals surface area (Å²) in [6, 6.07) is 6.10. The molecular formula is C26H37NO4. The maximum Gasteiger partial charge on any atom is 0.227 e. The van der Waals surface area contributed by atoms with Gasteiger partial charge in [-0.3, -0.25) is 9.59 Å². The van der Waals surface area contributed by atoms with E-state index in [2.05, 4.69) is 18.7 Å². The molecule has 3 rings (SSSR count). The topological polar surface area (TPSA) is 59.8 Å². The minimum atomic E-state index is -0.598. The van der Waals surface area contributed by atoms with Gasteiger partial charge in [0.05, 0.1) is 13.5 Å². The fourth-order valence-electron chi connectivity index (χ4n) is 4.80. The Morgan fingerprint density at radius 2 is 1.71 bits per heavy atom. The van der Waals surface area contributed by atoms with E-state index >= 15 is 0 Å². The Balaban J connectivity index is 2.03. The summed E-state index contributed by atoms with van der Waals surface area (Å²) in [5.74, 6) is 1.01. The first-order valence-corrected chi connectivity index (χ1v) is 11.7. The highest BCUT2D eigenvalue weighted by atomic mass is 16.5. The molecule has 0 bridgehead atoms. The SMILES string of the molecule is CCC[C@@H]1CC[C@@H](CCC)N1C(=O)Cc1c(C(=O)C(C)(C)C)oc2ccc(OC)cc12. The first-order chi connectivity index (χ1) is 14.7. The molecule has 170 valence electrons. The van der Waals surface area contributed by atoms with Crippen LogP contribution >= 0.6 is 0 Å². The van der Waals surface area contributed by atoms with Crippen LogP contribution in [-0.4, -0.2) is 35.8 Å². The van der Waals surface area contributed by atoms with Crippen molar-refractivity contribution in [2.45, 2.75) is 91.6 Å². The molecule has 0 saturated carbocycles. The minimum Gasteiger partial charge on any atom is -0.497 e. The molecule has 2 aromatic rings. The lowest BCUT2D eigenvalue weighted by atomic mass is 9.87. The number of ketones is 1. The molecule has 5 nitrogen and oxygen atoms in total. The molecule has 1 aliphatic rings. The predicted molar refractivity (Wildman–Crippen MR) is 124 cm³/mol. The molecule has 0 spiro atoms. The van der Waals surface area contributed by atoms with Crippen molar-refractivity contribution in [1.29, 1.82) is 0 Å². The van der Waals surface area contributed by atoms with Crippen LogP contribution < -0.4 is 4.74 Å². The Hall–Kier alpha value is -2.30. The standard InChI is InChI=1S/C26H37NO4/c1-7-9-17-11-12-18(10-8-2)27(17)23(28)16-21-20-15-19(30-6)13-14-22(20)31-24(21)25(29)26(3,4)5/h13-15,17-18H,7-12,16H2,1-6H3/t17-,18-/m1/s1. The third-order valence-electron chi connectivity index (χ3n) is 6.37. The summed E-state index contributed by atoms with van der Waals surface area (Å²) in [4.78, 5) is 29.0. The molecule has 2 atom stereocenters. The van der Waals surface area contributed by atoms with Gasteiger partial charge in [0, 0.05) is 28.4 Å². The van der Waals surface area contributed by atoms with Gasteiger partial charge in [-0.15, -0.1) is 0 Å². The highest BCUT2D eigenvalue weighted by Gasteiger charge is 2.37. The first kappa shape index (κ1) is 23.4. The summed E-state index contributed by atoms with van der Waals surface area (Å²) in [5, 5.41) is 0.790. The second-order valence-corrected chi connectivity index (χ2v) is 9.79. The van der Waals surface area contributed by atoms with E-state index in [1.165, 1.54) is 0 Å². The summed E-state index contributed by atoms with van der Waals surface area (Å²) >= 11 is 0. The van der Waals surface area contributed by atoms with E-state index in [9.17, 15) is 9.59 Å². The number of benzene rings is 1. The zero-order chi connectivity index (χ0) is 22.8. The molecule has 1 aromatic carbocycles. The summed E-state index contributed by atoms with van der Waals surface area (Å²) in [6.07, 6.45) is 6.49. The monoisotopic (exact) mass is 427 g/mol. The number of hydrogen-bond acceptors (Lipinski definition) is 4. The van der Waals surface area contributed by atoms with Gasteiger partial charge >= 0.3 is 0 Å². The first-order valence-electron chi connectivity index (χ1n) is 11.7. The molecule has 0 radical (unpaired) electrons. The number of hydrogen-bond donors (Lipinski definition) is 0. The maximum absolute atomic E-state index is 13.6. The highest BCUT2D eigenvalue weighted by Crippen LogP contribution is 2.36. The van der Waals surface area contributed by atoms with Gasteiger partial charge in [0.25, 0.3) is 0 Å². The van der Waals surface area contributed by atoms with Gasteiger partial charge in [-0.25, -0.2) is 0 Å². The molecule has 2 heterocycles. The predicted octanol–water partition coefficient (Wildman–Crippen LogP) is 6.17. The lowest BCUT2D eigenvalue weighted by Crippen LogP contribution is -2.42. The number of nitrogens with zero attached hydrogens (tertiary/aromatic N) is 1. The number of ether oxygens (including phenoxy) is 1. The van der Waals surface area contributed by atoms with Crippen LogP contribution in [0, 0.1) is 5.41 Å².